The van der Waals surface area contributed by atoms with E-state index in [4.69, 9.17) is 26.8 Å². The number of carbonyl (C=O) groups excluding carboxylic acids is 1. The number of benzene rings is 3. The summed E-state index contributed by atoms with van der Waals surface area (Å²) in [7, 11) is 0. The molecule has 0 saturated carbocycles. The number of halogens is 1. The summed E-state index contributed by atoms with van der Waals surface area (Å²) in [5, 5.41) is 2.95. The Labute approximate surface area is 240 Å². The van der Waals surface area contributed by atoms with E-state index in [0.717, 1.165) is 108 Å². The molecular formula is C32H37ClN4O3. The predicted octanol–water partition coefficient (Wildman–Crippen LogP) is 5.07. The standard InChI is InChI=1S/C32H37ClN4O3/c1-32(2,37-9-13-40-14-10-37)25-5-6-26-27-16-23(15-24(18-30(34)38)31(27)35-29(26)19-25)21-3-4-22(28(33)17-21)20-36-7-11-39-12-8-36/h3-6,15-17,19,35H,7-14,18,20H2,1-2H3,(H2,34,38). The van der Waals surface area contributed by atoms with Crippen LogP contribution in [0.1, 0.15) is 30.5 Å². The smallest absolute Gasteiger partial charge is 0.221 e. The summed E-state index contributed by atoms with van der Waals surface area (Å²) in [6, 6.07) is 17.2. The van der Waals surface area contributed by atoms with Gasteiger partial charge in [-0.2, -0.15) is 0 Å². The number of ether oxygens (including phenoxy) is 2. The molecule has 0 bridgehead atoms. The largest absolute Gasteiger partial charge is 0.379 e. The van der Waals surface area contributed by atoms with Gasteiger partial charge in [-0.1, -0.05) is 35.9 Å². The molecule has 0 aliphatic carbocycles. The number of aromatic amines is 1. The van der Waals surface area contributed by atoms with Crippen LogP contribution in [-0.2, 0) is 32.8 Å². The fourth-order valence-electron chi connectivity index (χ4n) is 6.11. The zero-order valence-electron chi connectivity index (χ0n) is 23.3. The molecule has 0 atom stereocenters. The van der Waals surface area contributed by atoms with Crippen molar-refractivity contribution >= 4 is 39.3 Å². The Balaban J connectivity index is 1.39. The summed E-state index contributed by atoms with van der Waals surface area (Å²) >= 11 is 6.79. The van der Waals surface area contributed by atoms with E-state index in [2.05, 4.69) is 71.1 Å². The number of fused-ring (bicyclic) bond motifs is 3. The summed E-state index contributed by atoms with van der Waals surface area (Å²) in [6.07, 6.45) is 0.159. The van der Waals surface area contributed by atoms with E-state index < -0.39 is 0 Å². The molecule has 0 spiro atoms. The zero-order chi connectivity index (χ0) is 27.9. The molecule has 3 aromatic carbocycles. The molecule has 1 aromatic heterocycles. The molecule has 7 nitrogen and oxygen atoms in total. The normalized spacial score (nSPS) is 17.6. The lowest BCUT2D eigenvalue weighted by atomic mass is 9.90. The van der Waals surface area contributed by atoms with Crippen LogP contribution in [0.15, 0.2) is 48.5 Å². The Morgan fingerprint density at radius 3 is 2.33 bits per heavy atom. The van der Waals surface area contributed by atoms with Gasteiger partial charge in [0.05, 0.1) is 38.4 Å². The second kappa shape index (κ2) is 11.1. The van der Waals surface area contributed by atoms with Gasteiger partial charge in [-0.25, -0.2) is 0 Å². The third-order valence-corrected chi connectivity index (χ3v) is 8.90. The maximum absolute atomic E-state index is 12.1. The number of hydrogen-bond acceptors (Lipinski definition) is 5. The molecule has 40 heavy (non-hydrogen) atoms. The van der Waals surface area contributed by atoms with E-state index in [1.165, 1.54) is 5.56 Å². The van der Waals surface area contributed by atoms with E-state index in [1.807, 2.05) is 6.07 Å². The molecule has 1 amide bonds. The third kappa shape index (κ3) is 5.37. The number of H-pyrrole nitrogens is 1. The molecule has 0 unspecified atom stereocenters. The van der Waals surface area contributed by atoms with Crippen molar-refractivity contribution in [3.05, 3.63) is 70.2 Å². The Morgan fingerprint density at radius 2 is 1.62 bits per heavy atom. The summed E-state index contributed by atoms with van der Waals surface area (Å²) in [5.41, 5.74) is 12.8. The van der Waals surface area contributed by atoms with Crippen LogP contribution in [0.2, 0.25) is 5.02 Å². The topological polar surface area (TPSA) is 83.8 Å². The summed E-state index contributed by atoms with van der Waals surface area (Å²) < 4.78 is 11.1. The summed E-state index contributed by atoms with van der Waals surface area (Å²) in [4.78, 5) is 20.5. The van der Waals surface area contributed by atoms with Gasteiger partial charge in [0.2, 0.25) is 5.91 Å². The maximum atomic E-state index is 12.1. The van der Waals surface area contributed by atoms with Crippen LogP contribution < -0.4 is 5.73 Å². The van der Waals surface area contributed by atoms with Crippen LogP contribution in [0.4, 0.5) is 0 Å². The minimum absolute atomic E-state index is 0.129. The first-order valence-electron chi connectivity index (χ1n) is 14.1. The highest BCUT2D eigenvalue weighted by Gasteiger charge is 2.30. The predicted molar refractivity (Wildman–Crippen MR) is 161 cm³/mol. The average Bonchev–Trinajstić information content (AvgIpc) is 3.33. The lowest BCUT2D eigenvalue weighted by Gasteiger charge is -2.41. The number of primary amides is 1. The number of nitrogens with one attached hydrogen (secondary N) is 1. The molecule has 6 rings (SSSR count). The number of amides is 1. The van der Waals surface area contributed by atoms with Crippen LogP contribution in [0.5, 0.6) is 0 Å². The first-order chi connectivity index (χ1) is 19.3. The molecule has 3 heterocycles. The Hall–Kier alpha value is -2.94. The van der Waals surface area contributed by atoms with E-state index in [0.29, 0.717) is 0 Å². The number of rotatable bonds is 7. The van der Waals surface area contributed by atoms with Crippen molar-refractivity contribution in [1.29, 1.82) is 0 Å². The number of hydrogen-bond donors (Lipinski definition) is 2. The Kier molecular flexibility index (Phi) is 7.59. The van der Waals surface area contributed by atoms with E-state index >= 15 is 0 Å². The van der Waals surface area contributed by atoms with Crippen LogP contribution in [0.3, 0.4) is 0 Å². The van der Waals surface area contributed by atoms with Crippen molar-refractivity contribution in [1.82, 2.24) is 14.8 Å². The van der Waals surface area contributed by atoms with Crippen molar-refractivity contribution in [3.63, 3.8) is 0 Å². The van der Waals surface area contributed by atoms with Crippen molar-refractivity contribution in [3.8, 4) is 11.1 Å². The first-order valence-corrected chi connectivity index (χ1v) is 14.5. The van der Waals surface area contributed by atoms with Crippen LogP contribution >= 0.6 is 11.6 Å². The maximum Gasteiger partial charge on any atom is 0.221 e. The van der Waals surface area contributed by atoms with Gasteiger partial charge in [-0.05, 0) is 65.9 Å². The monoisotopic (exact) mass is 560 g/mol. The summed E-state index contributed by atoms with van der Waals surface area (Å²) in [6.45, 7) is 12.0. The number of aromatic nitrogens is 1. The SMILES string of the molecule is CC(C)(c1ccc2c(c1)[nH]c1c(CC(N)=O)cc(-c3ccc(CN4CCOCC4)c(Cl)c3)cc12)N1CCOCC1. The summed E-state index contributed by atoms with van der Waals surface area (Å²) in [5.74, 6) is -0.356. The number of nitrogens with two attached hydrogens (primary N) is 1. The molecule has 2 saturated heterocycles. The molecule has 210 valence electrons. The van der Waals surface area contributed by atoms with E-state index in [9.17, 15) is 4.79 Å². The highest BCUT2D eigenvalue weighted by atomic mass is 35.5. The molecular weight excluding hydrogens is 524 g/mol. The van der Waals surface area contributed by atoms with Crippen molar-refractivity contribution in [2.24, 2.45) is 5.73 Å². The average molecular weight is 561 g/mol. The van der Waals surface area contributed by atoms with Gasteiger partial charge < -0.3 is 20.2 Å². The van der Waals surface area contributed by atoms with Gasteiger partial charge in [0.15, 0.2) is 0 Å². The molecule has 2 fully saturated rings. The fourth-order valence-corrected chi connectivity index (χ4v) is 6.35. The van der Waals surface area contributed by atoms with Gasteiger partial charge in [-0.15, -0.1) is 0 Å². The van der Waals surface area contributed by atoms with E-state index in [-0.39, 0.29) is 17.9 Å². The van der Waals surface area contributed by atoms with Gasteiger partial charge in [0, 0.05) is 59.6 Å². The molecule has 0 radical (unpaired) electrons. The van der Waals surface area contributed by atoms with Crippen molar-refractivity contribution in [2.45, 2.75) is 32.4 Å². The second-order valence-electron chi connectivity index (χ2n) is 11.4. The quantitative estimate of drug-likeness (QED) is 0.330. The van der Waals surface area contributed by atoms with Crippen LogP contribution in [0, 0.1) is 0 Å². The molecule has 2 aliphatic heterocycles. The zero-order valence-corrected chi connectivity index (χ0v) is 24.0. The molecule has 8 heteroatoms. The highest BCUT2D eigenvalue weighted by Crippen LogP contribution is 2.37. The molecule has 2 aliphatic rings. The Bertz CT molecular complexity index is 1550. The highest BCUT2D eigenvalue weighted by molar-refractivity contribution is 6.31. The van der Waals surface area contributed by atoms with Gasteiger partial charge in [0.25, 0.3) is 0 Å². The van der Waals surface area contributed by atoms with Crippen molar-refractivity contribution in [2.75, 3.05) is 52.6 Å². The van der Waals surface area contributed by atoms with Gasteiger partial charge in [-0.3, -0.25) is 14.6 Å². The van der Waals surface area contributed by atoms with Gasteiger partial charge in [0.1, 0.15) is 0 Å². The fraction of sp³-hybridized carbons (Fsp3) is 0.406. The molecule has 3 N–H and O–H groups in total. The minimum Gasteiger partial charge on any atom is -0.379 e. The lowest BCUT2D eigenvalue weighted by Crippen LogP contribution is -2.47. The lowest BCUT2D eigenvalue weighted by molar-refractivity contribution is -0.117. The van der Waals surface area contributed by atoms with Crippen LogP contribution in [-0.4, -0.2) is 73.3 Å². The van der Waals surface area contributed by atoms with Crippen LogP contribution in [0.25, 0.3) is 32.9 Å². The van der Waals surface area contributed by atoms with Crippen molar-refractivity contribution < 1.29 is 14.3 Å². The Morgan fingerprint density at radius 1 is 0.900 bits per heavy atom. The van der Waals surface area contributed by atoms with Gasteiger partial charge >= 0.3 is 0 Å². The third-order valence-electron chi connectivity index (χ3n) is 8.55. The number of carbonyl (C=O) groups is 1. The number of nitrogens with zero attached hydrogens (tertiary/aromatic N) is 2. The second-order valence-corrected chi connectivity index (χ2v) is 11.8. The van der Waals surface area contributed by atoms with E-state index in [1.54, 1.807) is 0 Å². The molecule has 4 aromatic rings. The first kappa shape index (κ1) is 27.2. The number of morpholine rings is 2. The minimum atomic E-state index is -0.356.